The number of halogens is 2. The second-order valence-electron chi connectivity index (χ2n) is 9.42. The first-order chi connectivity index (χ1) is 18.2. The van der Waals surface area contributed by atoms with Crippen molar-refractivity contribution in [2.45, 2.75) is 37.5 Å². The number of amides is 1. The quantitative estimate of drug-likeness (QED) is 0.437. The molecular weight excluding hydrogens is 519 g/mol. The van der Waals surface area contributed by atoms with Crippen LogP contribution in [-0.2, 0) is 16.0 Å². The molecule has 9 nitrogen and oxygen atoms in total. The number of hydrogen-bond acceptors (Lipinski definition) is 6. The molecular formula is C27H30ClFN2O7. The average molecular weight is 549 g/mol. The highest BCUT2D eigenvalue weighted by atomic mass is 35.5. The van der Waals surface area contributed by atoms with Crippen LogP contribution in [0.15, 0.2) is 46.4 Å². The van der Waals surface area contributed by atoms with E-state index in [0.29, 0.717) is 36.3 Å². The minimum Gasteiger partial charge on any atom is -0.496 e. The first kappa shape index (κ1) is 27.8. The second kappa shape index (κ2) is 11.3. The number of likely N-dealkylation sites (tertiary alicyclic amines) is 1. The Morgan fingerprint density at radius 2 is 2.08 bits per heavy atom. The fourth-order valence-electron chi connectivity index (χ4n) is 5.26. The number of aromatic carboxylic acids is 1. The van der Waals surface area contributed by atoms with E-state index in [-0.39, 0.29) is 42.3 Å². The van der Waals surface area contributed by atoms with Gasteiger partial charge in [-0.15, -0.1) is 0 Å². The van der Waals surface area contributed by atoms with E-state index in [1.807, 2.05) is 0 Å². The molecule has 1 aromatic carbocycles. The lowest BCUT2D eigenvalue weighted by Crippen LogP contribution is -2.52. The molecule has 1 amide bonds. The number of alkyl halides is 1. The maximum atomic E-state index is 16.6. The van der Waals surface area contributed by atoms with E-state index in [4.69, 9.17) is 21.1 Å². The summed E-state index contributed by atoms with van der Waals surface area (Å²) >= 11 is 6.35. The number of allylic oxidation sites excluding steroid dienone is 2. The number of aliphatic hydroxyl groups is 1. The van der Waals surface area contributed by atoms with E-state index < -0.39 is 34.7 Å². The third-order valence-electron chi connectivity index (χ3n) is 7.24. The van der Waals surface area contributed by atoms with Crippen molar-refractivity contribution in [2.24, 2.45) is 5.92 Å². The van der Waals surface area contributed by atoms with E-state index in [0.717, 1.165) is 4.90 Å². The van der Waals surface area contributed by atoms with Crippen LogP contribution >= 0.6 is 11.6 Å². The van der Waals surface area contributed by atoms with Crippen molar-refractivity contribution in [3.05, 3.63) is 62.9 Å². The van der Waals surface area contributed by atoms with Crippen LogP contribution in [0.3, 0.4) is 0 Å². The molecule has 38 heavy (non-hydrogen) atoms. The molecule has 4 rings (SSSR count). The molecule has 0 bridgehead atoms. The van der Waals surface area contributed by atoms with Gasteiger partial charge in [0.2, 0.25) is 17.1 Å². The summed E-state index contributed by atoms with van der Waals surface area (Å²) in [5.41, 5.74) is -0.377. The highest BCUT2D eigenvalue weighted by Gasteiger charge is 2.51. The lowest BCUT2D eigenvalue weighted by Gasteiger charge is -2.41. The van der Waals surface area contributed by atoms with Crippen molar-refractivity contribution in [3.8, 4) is 5.75 Å². The van der Waals surface area contributed by atoms with E-state index in [1.165, 1.54) is 37.1 Å². The Hall–Kier alpha value is -3.21. The Kier molecular flexibility index (Phi) is 8.25. The normalized spacial score (nSPS) is 22.1. The Bertz CT molecular complexity index is 1370. The third-order valence-corrected chi connectivity index (χ3v) is 7.63. The summed E-state index contributed by atoms with van der Waals surface area (Å²) in [5, 5.41) is 19.7. The van der Waals surface area contributed by atoms with Crippen molar-refractivity contribution in [1.82, 2.24) is 9.47 Å². The molecule has 1 fully saturated rings. The van der Waals surface area contributed by atoms with Crippen LogP contribution in [0.5, 0.6) is 5.75 Å². The van der Waals surface area contributed by atoms with Gasteiger partial charge in [0.25, 0.3) is 0 Å². The molecule has 2 N–H and O–H groups in total. The zero-order valence-electron chi connectivity index (χ0n) is 21.2. The van der Waals surface area contributed by atoms with Gasteiger partial charge in [0.05, 0.1) is 30.3 Å². The number of nitrogens with zero attached hydrogens (tertiary/aromatic N) is 2. The highest BCUT2D eigenvalue weighted by Crippen LogP contribution is 2.44. The number of hydrogen-bond donors (Lipinski definition) is 2. The largest absolute Gasteiger partial charge is 0.496 e. The number of pyridine rings is 1. The Labute approximate surface area is 223 Å². The SMILES string of the molecule is COCC[C@@H](CO)n1cc(C(=O)O)c(=O)c2cc(CC3C=CC=C(Cl)C3(F)N3CCCC3=O)c(OC)cc21. The van der Waals surface area contributed by atoms with Crippen LogP contribution in [-0.4, -0.2) is 71.3 Å². The van der Waals surface area contributed by atoms with Crippen LogP contribution in [0.2, 0.25) is 0 Å². The molecule has 11 heteroatoms. The zero-order valence-corrected chi connectivity index (χ0v) is 21.9. The molecule has 2 heterocycles. The molecule has 0 saturated carbocycles. The number of aliphatic hydroxyl groups excluding tert-OH is 1. The maximum Gasteiger partial charge on any atom is 0.341 e. The predicted octanol–water partition coefficient (Wildman–Crippen LogP) is 3.42. The molecule has 3 atom stereocenters. The number of carboxylic acids is 1. The Morgan fingerprint density at radius 3 is 2.68 bits per heavy atom. The monoisotopic (exact) mass is 548 g/mol. The molecule has 0 radical (unpaired) electrons. The van der Waals surface area contributed by atoms with Gasteiger partial charge in [0.1, 0.15) is 11.3 Å². The lowest BCUT2D eigenvalue weighted by molar-refractivity contribution is -0.140. The molecule has 204 valence electrons. The molecule has 1 aromatic heterocycles. The van der Waals surface area contributed by atoms with Crippen LogP contribution in [0.25, 0.3) is 10.9 Å². The van der Waals surface area contributed by atoms with Crippen molar-refractivity contribution in [3.63, 3.8) is 0 Å². The second-order valence-corrected chi connectivity index (χ2v) is 9.82. The summed E-state index contributed by atoms with van der Waals surface area (Å²) in [7, 11) is 2.95. The van der Waals surface area contributed by atoms with Gasteiger partial charge < -0.3 is 29.2 Å². The minimum absolute atomic E-state index is 0.0177. The van der Waals surface area contributed by atoms with Crippen LogP contribution < -0.4 is 10.2 Å². The van der Waals surface area contributed by atoms with Gasteiger partial charge in [-0.2, -0.15) is 0 Å². The Balaban J connectivity index is 1.87. The Morgan fingerprint density at radius 1 is 1.32 bits per heavy atom. The van der Waals surface area contributed by atoms with Gasteiger partial charge in [-0.1, -0.05) is 23.8 Å². The molecule has 2 aliphatic rings. The highest BCUT2D eigenvalue weighted by molar-refractivity contribution is 6.31. The van der Waals surface area contributed by atoms with Gasteiger partial charge in [-0.3, -0.25) is 9.59 Å². The number of carboxylic acid groups (broad SMARTS) is 1. The summed E-state index contributed by atoms with van der Waals surface area (Å²) in [6.45, 7) is 0.207. The van der Waals surface area contributed by atoms with E-state index in [2.05, 4.69) is 0 Å². The van der Waals surface area contributed by atoms with E-state index in [9.17, 15) is 24.6 Å². The molecule has 1 aliphatic heterocycles. The van der Waals surface area contributed by atoms with E-state index in [1.54, 1.807) is 18.2 Å². The van der Waals surface area contributed by atoms with Gasteiger partial charge in [0.15, 0.2) is 0 Å². The van der Waals surface area contributed by atoms with Crippen molar-refractivity contribution in [2.75, 3.05) is 34.0 Å². The minimum atomic E-state index is -2.27. The topological polar surface area (TPSA) is 118 Å². The number of methoxy groups -OCH3 is 2. The van der Waals surface area contributed by atoms with Crippen molar-refractivity contribution in [1.29, 1.82) is 0 Å². The summed E-state index contributed by atoms with van der Waals surface area (Å²) in [5.74, 6) is -4.55. The van der Waals surface area contributed by atoms with Crippen molar-refractivity contribution >= 4 is 34.4 Å². The zero-order chi connectivity index (χ0) is 27.6. The number of fused-ring (bicyclic) bond motifs is 1. The standard InChI is InChI=1S/C27H30ClFN2O7/c1-37-10-8-18(15-32)30-14-20(26(35)36)25(34)19-12-16(22(38-2)13-21(19)30)11-17-5-3-6-23(28)27(17,29)31-9-4-7-24(31)33/h3,5-6,12-14,17-18,32H,4,7-11,15H2,1-2H3,(H,35,36)/t17?,18-,27?/m0/s1. The van der Waals surface area contributed by atoms with Gasteiger partial charge in [-0.05, 0) is 37.0 Å². The summed E-state index contributed by atoms with van der Waals surface area (Å²) in [4.78, 5) is 38.8. The molecule has 0 spiro atoms. The molecule has 1 aliphatic carbocycles. The molecule has 2 aromatic rings. The number of rotatable bonds is 10. The van der Waals surface area contributed by atoms with Crippen LogP contribution in [0, 0.1) is 5.92 Å². The molecule has 2 unspecified atom stereocenters. The maximum absolute atomic E-state index is 16.6. The first-order valence-corrected chi connectivity index (χ1v) is 12.7. The van der Waals surface area contributed by atoms with Gasteiger partial charge in [-0.25, -0.2) is 9.18 Å². The fraction of sp³-hybridized carbons (Fsp3) is 0.444. The van der Waals surface area contributed by atoms with Gasteiger partial charge >= 0.3 is 5.97 Å². The number of aromatic nitrogens is 1. The lowest BCUT2D eigenvalue weighted by atomic mass is 9.85. The number of ether oxygens (including phenoxy) is 2. The summed E-state index contributed by atoms with van der Waals surface area (Å²) in [6, 6.07) is 2.51. The average Bonchev–Trinajstić information content (AvgIpc) is 3.34. The van der Waals surface area contributed by atoms with E-state index >= 15 is 4.39 Å². The molecule has 1 saturated heterocycles. The number of carbonyl (C=O) groups excluding carboxylic acids is 1. The first-order valence-electron chi connectivity index (χ1n) is 12.3. The third kappa shape index (κ3) is 4.83. The predicted molar refractivity (Wildman–Crippen MR) is 139 cm³/mol. The van der Waals surface area contributed by atoms with Crippen LogP contribution in [0.4, 0.5) is 4.39 Å². The number of benzene rings is 1. The smallest absolute Gasteiger partial charge is 0.341 e. The number of carbonyl (C=O) groups is 2. The summed E-state index contributed by atoms with van der Waals surface area (Å²) in [6.07, 6.45) is 7.02. The fourth-order valence-corrected chi connectivity index (χ4v) is 5.57. The van der Waals surface area contributed by atoms with Crippen LogP contribution in [0.1, 0.15) is 41.2 Å². The van der Waals surface area contributed by atoms with Gasteiger partial charge in [0, 0.05) is 50.2 Å². The summed E-state index contributed by atoms with van der Waals surface area (Å²) < 4.78 is 28.9. The van der Waals surface area contributed by atoms with Crippen molar-refractivity contribution < 1.29 is 33.7 Å².